The number of benzene rings is 1. The number of carbonyl (C=O) groups excluding carboxylic acids is 1. The molecule has 20 heavy (non-hydrogen) atoms. The quantitative estimate of drug-likeness (QED) is 0.673. The van der Waals surface area contributed by atoms with Crippen molar-refractivity contribution in [1.29, 1.82) is 0 Å². The highest BCUT2D eigenvalue weighted by Gasteiger charge is 2.43. The van der Waals surface area contributed by atoms with Crippen molar-refractivity contribution in [2.24, 2.45) is 5.92 Å². The zero-order valence-corrected chi connectivity index (χ0v) is 12.0. The lowest BCUT2D eigenvalue weighted by atomic mass is 9.81. The fourth-order valence-electron chi connectivity index (χ4n) is 3.09. The Labute approximate surface area is 123 Å². The van der Waals surface area contributed by atoms with E-state index in [1.165, 1.54) is 0 Å². The molecular formula is C15H18ClNO3. The number of Topliss-reactive ketones (excluding diaryl/α,β-unsaturated/α-hetero) is 1. The van der Waals surface area contributed by atoms with Gasteiger partial charge in [-0.3, -0.25) is 4.79 Å². The fraction of sp³-hybridized carbons (Fsp3) is 0.533. The summed E-state index contributed by atoms with van der Waals surface area (Å²) in [6.45, 7) is 1.91. The van der Waals surface area contributed by atoms with Crippen LogP contribution in [-0.4, -0.2) is 31.2 Å². The van der Waals surface area contributed by atoms with Crippen LogP contribution in [0.2, 0.25) is 5.02 Å². The predicted octanol–water partition coefficient (Wildman–Crippen LogP) is 2.69. The number of ether oxygens (including phenoxy) is 2. The largest absolute Gasteiger partial charge is 0.398 e. The van der Waals surface area contributed by atoms with Gasteiger partial charge < -0.3 is 15.2 Å². The van der Waals surface area contributed by atoms with Crippen LogP contribution in [0.25, 0.3) is 0 Å². The van der Waals surface area contributed by atoms with Gasteiger partial charge in [0.15, 0.2) is 5.78 Å². The normalized spacial score (nSPS) is 29.8. The van der Waals surface area contributed by atoms with Crippen LogP contribution in [0.15, 0.2) is 18.2 Å². The average molecular weight is 296 g/mol. The van der Waals surface area contributed by atoms with Crippen LogP contribution in [0.3, 0.4) is 0 Å². The van der Waals surface area contributed by atoms with Crippen LogP contribution in [0.4, 0.5) is 5.69 Å². The van der Waals surface area contributed by atoms with E-state index in [2.05, 4.69) is 0 Å². The average Bonchev–Trinajstić information content (AvgIpc) is 2.86. The molecule has 2 N–H and O–H groups in total. The molecule has 0 aromatic heterocycles. The lowest BCUT2D eigenvalue weighted by Gasteiger charge is -2.36. The third-order valence-corrected chi connectivity index (χ3v) is 4.45. The molecule has 2 atom stereocenters. The van der Waals surface area contributed by atoms with Gasteiger partial charge in [-0.05, 0) is 31.0 Å². The number of carbonyl (C=O) groups is 1. The molecule has 2 heterocycles. The zero-order valence-electron chi connectivity index (χ0n) is 11.2. The Kier molecular flexibility index (Phi) is 3.71. The van der Waals surface area contributed by atoms with Gasteiger partial charge in [0.1, 0.15) is 0 Å². The number of hydrogen-bond acceptors (Lipinski definition) is 4. The van der Waals surface area contributed by atoms with E-state index >= 15 is 0 Å². The van der Waals surface area contributed by atoms with Gasteiger partial charge in [0.05, 0.1) is 12.2 Å². The van der Waals surface area contributed by atoms with Crippen molar-refractivity contribution in [3.8, 4) is 0 Å². The maximum Gasteiger partial charge on any atom is 0.168 e. The number of rotatable bonds is 2. The molecule has 1 aromatic rings. The maximum absolute atomic E-state index is 12.7. The number of nitrogen functional groups attached to an aromatic ring is 1. The standard InChI is InChI=1S/C15H18ClNO3/c16-11-1-2-12(13(17)7-11)14(18)10-3-5-20-15(8-10)4-6-19-9-15/h1-2,7,10H,3-6,8-9,17H2. The molecule has 2 aliphatic heterocycles. The van der Waals surface area contributed by atoms with Gasteiger partial charge in [0.2, 0.25) is 0 Å². The first-order valence-electron chi connectivity index (χ1n) is 6.91. The third-order valence-electron chi connectivity index (χ3n) is 4.21. The van der Waals surface area contributed by atoms with Crippen molar-refractivity contribution in [3.05, 3.63) is 28.8 Å². The minimum atomic E-state index is -0.264. The zero-order chi connectivity index (χ0) is 14.2. The molecule has 1 spiro atoms. The van der Waals surface area contributed by atoms with Crippen molar-refractivity contribution < 1.29 is 14.3 Å². The lowest BCUT2D eigenvalue weighted by molar-refractivity contribution is -0.0920. The molecule has 108 valence electrons. The van der Waals surface area contributed by atoms with Crippen LogP contribution in [0.5, 0.6) is 0 Å². The molecule has 1 aromatic carbocycles. The Morgan fingerprint density at radius 3 is 2.95 bits per heavy atom. The molecule has 0 saturated carbocycles. The number of hydrogen-bond donors (Lipinski definition) is 1. The van der Waals surface area contributed by atoms with Crippen molar-refractivity contribution >= 4 is 23.1 Å². The van der Waals surface area contributed by atoms with E-state index in [-0.39, 0.29) is 17.3 Å². The highest BCUT2D eigenvalue weighted by molar-refractivity contribution is 6.31. The summed E-state index contributed by atoms with van der Waals surface area (Å²) in [5.74, 6) is 0.0441. The molecule has 0 radical (unpaired) electrons. The number of nitrogens with two attached hydrogens (primary N) is 1. The maximum atomic E-state index is 12.7. The van der Waals surface area contributed by atoms with Gasteiger partial charge in [-0.2, -0.15) is 0 Å². The Balaban J connectivity index is 1.79. The van der Waals surface area contributed by atoms with E-state index in [4.69, 9.17) is 26.8 Å². The summed E-state index contributed by atoms with van der Waals surface area (Å²) in [5.41, 5.74) is 6.66. The van der Waals surface area contributed by atoms with Crippen LogP contribution < -0.4 is 5.73 Å². The van der Waals surface area contributed by atoms with Crippen LogP contribution in [0.1, 0.15) is 29.6 Å². The number of halogens is 1. The van der Waals surface area contributed by atoms with Gasteiger partial charge in [-0.25, -0.2) is 0 Å². The van der Waals surface area contributed by atoms with Gasteiger partial charge in [0.25, 0.3) is 0 Å². The SMILES string of the molecule is Nc1cc(Cl)ccc1C(=O)C1CCOC2(CCOC2)C1. The molecule has 3 rings (SSSR count). The van der Waals surface area contributed by atoms with Crippen molar-refractivity contribution in [2.45, 2.75) is 24.9 Å². The van der Waals surface area contributed by atoms with Gasteiger partial charge in [-0.1, -0.05) is 11.6 Å². The fourth-order valence-corrected chi connectivity index (χ4v) is 3.27. The molecule has 0 amide bonds. The Bertz CT molecular complexity index is 526. The topological polar surface area (TPSA) is 61.6 Å². The molecule has 2 saturated heterocycles. The first kappa shape index (κ1) is 13.9. The monoisotopic (exact) mass is 295 g/mol. The molecule has 2 fully saturated rings. The molecule has 4 nitrogen and oxygen atoms in total. The number of ketones is 1. The summed E-state index contributed by atoms with van der Waals surface area (Å²) in [4.78, 5) is 12.7. The van der Waals surface area contributed by atoms with E-state index in [0.717, 1.165) is 12.8 Å². The summed E-state index contributed by atoms with van der Waals surface area (Å²) in [6, 6.07) is 5.05. The molecule has 0 aliphatic carbocycles. The van der Waals surface area contributed by atoms with E-state index in [0.29, 0.717) is 42.5 Å². The second-order valence-electron chi connectivity index (χ2n) is 5.62. The van der Waals surface area contributed by atoms with Gasteiger partial charge >= 0.3 is 0 Å². The molecular weight excluding hydrogens is 278 g/mol. The molecule has 2 aliphatic rings. The first-order valence-corrected chi connectivity index (χ1v) is 7.28. The first-order chi connectivity index (χ1) is 9.60. The molecule has 2 unspecified atom stereocenters. The summed E-state index contributed by atoms with van der Waals surface area (Å²) in [6.07, 6.45) is 2.32. The Morgan fingerprint density at radius 1 is 1.40 bits per heavy atom. The second kappa shape index (κ2) is 5.35. The van der Waals surface area contributed by atoms with Crippen molar-refractivity contribution in [1.82, 2.24) is 0 Å². The smallest absolute Gasteiger partial charge is 0.168 e. The van der Waals surface area contributed by atoms with Gasteiger partial charge in [-0.15, -0.1) is 0 Å². The summed E-state index contributed by atoms with van der Waals surface area (Å²) >= 11 is 5.88. The van der Waals surface area contributed by atoms with Crippen LogP contribution >= 0.6 is 11.6 Å². The molecule has 0 bridgehead atoms. The Hall–Kier alpha value is -1.10. The van der Waals surface area contributed by atoms with Gasteiger partial charge in [0, 0.05) is 41.8 Å². The summed E-state index contributed by atoms with van der Waals surface area (Å²) in [5, 5.41) is 0.548. The third kappa shape index (κ3) is 2.55. The highest BCUT2D eigenvalue weighted by Crippen LogP contribution is 2.37. The summed E-state index contributed by atoms with van der Waals surface area (Å²) < 4.78 is 11.3. The Morgan fingerprint density at radius 2 is 2.25 bits per heavy atom. The van der Waals surface area contributed by atoms with Crippen LogP contribution in [-0.2, 0) is 9.47 Å². The second-order valence-corrected chi connectivity index (χ2v) is 6.06. The van der Waals surface area contributed by atoms with E-state index in [9.17, 15) is 4.79 Å². The van der Waals surface area contributed by atoms with E-state index in [1.54, 1.807) is 18.2 Å². The van der Waals surface area contributed by atoms with Crippen LogP contribution in [0, 0.1) is 5.92 Å². The van der Waals surface area contributed by atoms with E-state index in [1.807, 2.05) is 0 Å². The minimum absolute atomic E-state index is 0.0473. The number of anilines is 1. The summed E-state index contributed by atoms with van der Waals surface area (Å²) in [7, 11) is 0. The minimum Gasteiger partial charge on any atom is -0.398 e. The van der Waals surface area contributed by atoms with E-state index < -0.39 is 0 Å². The lowest BCUT2D eigenvalue weighted by Crippen LogP contribution is -2.42. The highest BCUT2D eigenvalue weighted by atomic mass is 35.5. The van der Waals surface area contributed by atoms with Crippen molar-refractivity contribution in [2.75, 3.05) is 25.6 Å². The van der Waals surface area contributed by atoms with Crippen molar-refractivity contribution in [3.63, 3.8) is 0 Å². The predicted molar refractivity (Wildman–Crippen MR) is 77.0 cm³/mol. The molecule has 5 heteroatoms.